The fourth-order valence-electron chi connectivity index (χ4n) is 1.75. The van der Waals surface area contributed by atoms with Crippen molar-refractivity contribution >= 4 is 13.5 Å². The molecule has 0 spiro atoms. The third-order valence-corrected chi connectivity index (χ3v) is 4.92. The maximum absolute atomic E-state index is 12.9. The topological polar surface area (TPSA) is 84.9 Å². The highest BCUT2D eigenvalue weighted by Gasteiger charge is 2.25. The van der Waals surface area contributed by atoms with Gasteiger partial charge in [0, 0.05) is 0 Å². The number of benzene rings is 1. The molecule has 7 heteroatoms. The van der Waals surface area contributed by atoms with Gasteiger partial charge in [0.2, 0.25) is 0 Å². The van der Waals surface area contributed by atoms with Crippen molar-refractivity contribution in [3.05, 3.63) is 42.0 Å². The molecule has 1 aromatic carbocycles. The molecule has 0 saturated heterocycles. The number of carbonyl (C=O) groups is 1. The molecule has 0 bridgehead atoms. The molecule has 23 heavy (non-hydrogen) atoms. The lowest BCUT2D eigenvalue weighted by Crippen LogP contribution is -2.25. The summed E-state index contributed by atoms with van der Waals surface area (Å²) in [5.41, 5.74) is 0.793. The minimum Gasteiger partial charge on any atom is -0.465 e. The summed E-state index contributed by atoms with van der Waals surface area (Å²) in [5, 5.41) is 11.7. The van der Waals surface area contributed by atoms with Crippen LogP contribution in [-0.4, -0.2) is 37.0 Å². The number of ether oxygens (including phenoxy) is 1. The van der Waals surface area contributed by atoms with E-state index in [4.69, 9.17) is 14.4 Å². The fourth-order valence-corrected chi connectivity index (χ4v) is 3.37. The molecule has 0 amide bonds. The van der Waals surface area contributed by atoms with E-state index in [1.54, 1.807) is 44.2 Å². The van der Waals surface area contributed by atoms with E-state index in [1.807, 2.05) is 6.07 Å². The van der Waals surface area contributed by atoms with Crippen LogP contribution in [0.4, 0.5) is 0 Å². The third kappa shape index (κ3) is 7.98. The van der Waals surface area contributed by atoms with Gasteiger partial charge in [0.05, 0.1) is 19.4 Å². The predicted molar refractivity (Wildman–Crippen MR) is 89.6 cm³/mol. The first kappa shape index (κ1) is 19.4. The maximum Gasteiger partial charge on any atom is 0.320 e. The molecule has 0 fully saturated rings. The number of hydrogen-bond acceptors (Lipinski definition) is 5. The van der Waals surface area contributed by atoms with Gasteiger partial charge >= 0.3 is 13.5 Å². The molecule has 0 aliphatic heterocycles. The van der Waals surface area contributed by atoms with Crippen LogP contribution in [-0.2, 0) is 14.1 Å². The van der Waals surface area contributed by atoms with Gasteiger partial charge in [-0.2, -0.15) is 0 Å². The number of esters is 1. The molecular weight excluding hydrogens is 317 g/mol. The molecule has 0 radical (unpaired) electrons. The van der Waals surface area contributed by atoms with E-state index >= 15 is 0 Å². The normalized spacial score (nSPS) is 14.1. The Morgan fingerprint density at radius 3 is 2.65 bits per heavy atom. The molecule has 0 saturated carbocycles. The second kappa shape index (κ2) is 10.2. The Morgan fingerprint density at radius 1 is 1.35 bits per heavy atom. The average molecular weight is 341 g/mol. The Hall–Kier alpha value is -1.62. The minimum absolute atomic E-state index is 0.0416. The van der Waals surface area contributed by atoms with Crippen LogP contribution in [0, 0.1) is 0 Å². The Morgan fingerprint density at radius 2 is 2.04 bits per heavy atom. The van der Waals surface area contributed by atoms with E-state index < -0.39 is 13.5 Å². The van der Waals surface area contributed by atoms with Crippen LogP contribution in [0.3, 0.4) is 0 Å². The lowest BCUT2D eigenvalue weighted by Gasteiger charge is -2.20. The summed E-state index contributed by atoms with van der Waals surface area (Å²) in [6.45, 7) is 3.54. The first-order valence-electron chi connectivity index (χ1n) is 7.50. The first-order valence-corrected chi connectivity index (χ1v) is 9.31. The maximum atomic E-state index is 12.9. The molecule has 6 nitrogen and oxygen atoms in total. The summed E-state index contributed by atoms with van der Waals surface area (Å²) in [4.78, 5) is 11.5. The molecule has 1 rings (SSSR count). The summed E-state index contributed by atoms with van der Waals surface area (Å²) in [7, 11) is -3.26. The molecule has 0 aromatic heterocycles. The number of rotatable bonds is 10. The van der Waals surface area contributed by atoms with Crippen molar-refractivity contribution in [1.82, 2.24) is 5.09 Å². The Bertz CT molecular complexity index is 559. The zero-order chi connectivity index (χ0) is 17.1. The summed E-state index contributed by atoms with van der Waals surface area (Å²) < 4.78 is 23.3. The van der Waals surface area contributed by atoms with E-state index in [1.165, 1.54) is 0 Å². The van der Waals surface area contributed by atoms with Crippen LogP contribution >= 0.6 is 7.52 Å². The van der Waals surface area contributed by atoms with Gasteiger partial charge in [0.15, 0.2) is 0 Å². The minimum atomic E-state index is -3.26. The van der Waals surface area contributed by atoms with Gasteiger partial charge in [-0.1, -0.05) is 29.8 Å². The Balaban J connectivity index is 2.73. The van der Waals surface area contributed by atoms with E-state index in [2.05, 4.69) is 5.09 Å². The summed E-state index contributed by atoms with van der Waals surface area (Å²) in [5.74, 6) is -0.0125. The van der Waals surface area contributed by atoms with Gasteiger partial charge in [-0.3, -0.25) is 9.36 Å². The van der Waals surface area contributed by atoms with Gasteiger partial charge in [-0.15, -0.1) is 0 Å². The molecular formula is C16H24NO5P. The molecule has 1 unspecified atom stereocenters. The smallest absolute Gasteiger partial charge is 0.320 e. The van der Waals surface area contributed by atoms with E-state index in [-0.39, 0.29) is 25.9 Å². The molecule has 2 N–H and O–H groups in total. The second-order valence-corrected chi connectivity index (χ2v) is 7.23. The third-order valence-electron chi connectivity index (χ3n) is 2.93. The molecule has 0 aliphatic carbocycles. The number of aliphatic hydroxyl groups excluding tert-OH is 1. The van der Waals surface area contributed by atoms with Gasteiger partial charge in [-0.25, -0.2) is 5.09 Å². The lowest BCUT2D eigenvalue weighted by atomic mass is 10.3. The van der Waals surface area contributed by atoms with Crippen LogP contribution in [0.25, 0.3) is 0 Å². The van der Waals surface area contributed by atoms with Crippen LogP contribution in [0.2, 0.25) is 0 Å². The molecule has 1 aromatic rings. The number of nitrogens with one attached hydrogen (secondary N) is 1. The van der Waals surface area contributed by atoms with E-state index in [0.29, 0.717) is 12.2 Å². The van der Waals surface area contributed by atoms with Crippen LogP contribution in [0.5, 0.6) is 5.75 Å². The highest BCUT2D eigenvalue weighted by Crippen LogP contribution is 2.43. The SMILES string of the molecule is CCOC(=O)CNP(=O)(CC/C=C(\C)CO)Oc1ccccc1. The molecule has 0 aliphatic rings. The standard InChI is InChI=1S/C16H24NO5P/c1-3-21-16(19)12-17-23(20,11-7-8-14(2)13-18)22-15-9-5-4-6-10-15/h4-6,8-10,18H,3,7,11-13H2,1-2H3,(H,17,20)/b14-8+. The van der Waals surface area contributed by atoms with Crippen molar-refractivity contribution in [3.63, 3.8) is 0 Å². The van der Waals surface area contributed by atoms with E-state index in [9.17, 15) is 9.36 Å². The number of allylic oxidation sites excluding steroid dienone is 1. The highest BCUT2D eigenvalue weighted by molar-refractivity contribution is 7.57. The zero-order valence-corrected chi connectivity index (χ0v) is 14.4. The van der Waals surface area contributed by atoms with Crippen molar-refractivity contribution in [1.29, 1.82) is 0 Å². The van der Waals surface area contributed by atoms with Gasteiger partial charge in [0.25, 0.3) is 0 Å². The highest BCUT2D eigenvalue weighted by atomic mass is 31.2. The number of para-hydroxylation sites is 1. The van der Waals surface area contributed by atoms with Crippen molar-refractivity contribution in [2.24, 2.45) is 0 Å². The summed E-state index contributed by atoms with van der Waals surface area (Å²) in [6.07, 6.45) is 2.47. The van der Waals surface area contributed by atoms with Crippen molar-refractivity contribution in [2.75, 3.05) is 25.9 Å². The Kier molecular flexibility index (Phi) is 8.62. The molecule has 0 heterocycles. The number of hydrogen-bond donors (Lipinski definition) is 2. The van der Waals surface area contributed by atoms with E-state index in [0.717, 1.165) is 5.57 Å². The van der Waals surface area contributed by atoms with Crippen LogP contribution in [0.1, 0.15) is 20.3 Å². The number of aliphatic hydroxyl groups is 1. The molecule has 1 atom stereocenters. The zero-order valence-electron chi connectivity index (χ0n) is 13.5. The van der Waals surface area contributed by atoms with Crippen LogP contribution in [0.15, 0.2) is 42.0 Å². The van der Waals surface area contributed by atoms with Gasteiger partial charge < -0.3 is 14.4 Å². The van der Waals surface area contributed by atoms with Gasteiger partial charge in [-0.05, 0) is 32.4 Å². The van der Waals surface area contributed by atoms with Crippen molar-refractivity contribution < 1.29 is 23.7 Å². The monoisotopic (exact) mass is 341 g/mol. The van der Waals surface area contributed by atoms with Crippen molar-refractivity contribution in [3.8, 4) is 5.75 Å². The summed E-state index contributed by atoms with van der Waals surface area (Å²) in [6, 6.07) is 8.79. The quantitative estimate of drug-likeness (QED) is 0.387. The molecule has 128 valence electrons. The largest absolute Gasteiger partial charge is 0.465 e. The fraction of sp³-hybridized carbons (Fsp3) is 0.438. The number of carbonyl (C=O) groups excluding carboxylic acids is 1. The van der Waals surface area contributed by atoms with Crippen LogP contribution < -0.4 is 9.61 Å². The second-order valence-electron chi connectivity index (χ2n) is 4.94. The van der Waals surface area contributed by atoms with Gasteiger partial charge in [0.1, 0.15) is 12.3 Å². The first-order chi connectivity index (χ1) is 11.0. The Labute approximate surface area is 137 Å². The predicted octanol–water partition coefficient (Wildman–Crippen LogP) is 2.74. The average Bonchev–Trinajstić information content (AvgIpc) is 2.54. The lowest BCUT2D eigenvalue weighted by molar-refractivity contribution is -0.141. The van der Waals surface area contributed by atoms with Crippen molar-refractivity contribution in [2.45, 2.75) is 20.3 Å². The summed E-state index contributed by atoms with van der Waals surface area (Å²) >= 11 is 0.